The SMILES string of the molecule is O.O.O=c1c2cc([N+](=O)[O-])cc3c2-c2c4c(cc([N+](=O)[O-])cc14)c(O)c1cc([N+](=O)[O-])cc(c3=O)c21. The minimum Gasteiger partial charge on any atom is -0.507 e. The zero-order chi connectivity index (χ0) is 24.2. The molecule has 0 unspecified atom stereocenters. The van der Waals surface area contributed by atoms with Crippen molar-refractivity contribution in [3.05, 3.63) is 87.2 Å². The van der Waals surface area contributed by atoms with Gasteiger partial charge in [-0.05, 0) is 0 Å². The maximum Gasteiger partial charge on any atom is 0.270 e. The van der Waals surface area contributed by atoms with Crippen LogP contribution in [0.3, 0.4) is 0 Å². The molecule has 0 spiro atoms. The van der Waals surface area contributed by atoms with E-state index >= 15 is 0 Å². The Bertz CT molecular complexity index is 1870. The first-order valence-corrected chi connectivity index (χ1v) is 9.61. The van der Waals surface area contributed by atoms with Crippen LogP contribution in [0.25, 0.3) is 54.2 Å². The van der Waals surface area contributed by atoms with Crippen LogP contribution in [0.5, 0.6) is 5.75 Å². The van der Waals surface area contributed by atoms with E-state index in [1.54, 1.807) is 0 Å². The van der Waals surface area contributed by atoms with Gasteiger partial charge in [0.2, 0.25) is 0 Å². The number of non-ortho nitro benzene ring substituents is 3. The van der Waals surface area contributed by atoms with Crippen LogP contribution < -0.4 is 10.9 Å². The number of rotatable bonds is 3. The van der Waals surface area contributed by atoms with Crippen LogP contribution in [0.4, 0.5) is 17.1 Å². The molecule has 0 atom stereocenters. The normalized spacial score (nSPS) is 11.3. The van der Waals surface area contributed by atoms with Crippen LogP contribution >= 0.6 is 0 Å². The molecule has 14 nitrogen and oxygen atoms in total. The van der Waals surface area contributed by atoms with Gasteiger partial charge in [-0.25, -0.2) is 0 Å². The van der Waals surface area contributed by atoms with Gasteiger partial charge in [-0.2, -0.15) is 0 Å². The van der Waals surface area contributed by atoms with E-state index in [1.807, 2.05) is 0 Å². The van der Waals surface area contributed by atoms with Crippen molar-refractivity contribution in [1.29, 1.82) is 0 Å². The Morgan fingerprint density at radius 2 is 0.833 bits per heavy atom. The van der Waals surface area contributed by atoms with E-state index in [4.69, 9.17) is 0 Å². The van der Waals surface area contributed by atoms with Gasteiger partial charge in [0.25, 0.3) is 17.1 Å². The maximum atomic E-state index is 13.4. The zero-order valence-electron chi connectivity index (χ0n) is 17.5. The maximum absolute atomic E-state index is 13.4. The predicted molar refractivity (Wildman–Crippen MR) is 128 cm³/mol. The second-order valence-corrected chi connectivity index (χ2v) is 7.90. The lowest BCUT2D eigenvalue weighted by molar-refractivity contribution is -0.384. The fourth-order valence-corrected chi connectivity index (χ4v) is 4.90. The summed E-state index contributed by atoms with van der Waals surface area (Å²) in [5.41, 5.74) is -2.80. The molecule has 2 aliphatic rings. The summed E-state index contributed by atoms with van der Waals surface area (Å²) in [5, 5.41) is 44.9. The van der Waals surface area contributed by atoms with E-state index < -0.39 is 48.4 Å². The average molecular weight is 493 g/mol. The average Bonchev–Trinajstić information content (AvgIpc) is 2.80. The molecule has 0 aliphatic heterocycles. The van der Waals surface area contributed by atoms with Crippen LogP contribution in [0.2, 0.25) is 0 Å². The van der Waals surface area contributed by atoms with Crippen LogP contribution in [-0.4, -0.2) is 30.8 Å². The Hall–Kier alpha value is -5.34. The fourth-order valence-electron chi connectivity index (χ4n) is 4.90. The molecule has 36 heavy (non-hydrogen) atoms. The summed E-state index contributed by atoms with van der Waals surface area (Å²) in [6.45, 7) is 0. The topological polar surface area (TPSA) is 247 Å². The van der Waals surface area contributed by atoms with E-state index in [1.165, 1.54) is 0 Å². The largest absolute Gasteiger partial charge is 0.507 e. The first-order chi connectivity index (χ1) is 16.1. The highest BCUT2D eigenvalue weighted by Crippen LogP contribution is 2.51. The van der Waals surface area contributed by atoms with Crippen molar-refractivity contribution in [3.63, 3.8) is 0 Å². The van der Waals surface area contributed by atoms with E-state index in [9.17, 15) is 45.0 Å². The Labute approximate surface area is 195 Å². The third-order valence-electron chi connectivity index (χ3n) is 6.24. The van der Waals surface area contributed by atoms with Crippen LogP contribution in [0.15, 0.2) is 46.0 Å². The zero-order valence-corrected chi connectivity index (χ0v) is 17.5. The smallest absolute Gasteiger partial charge is 0.270 e. The van der Waals surface area contributed by atoms with Crippen molar-refractivity contribution in [1.82, 2.24) is 0 Å². The monoisotopic (exact) mass is 493 g/mol. The third-order valence-corrected chi connectivity index (χ3v) is 6.24. The quantitative estimate of drug-likeness (QED) is 0.164. The van der Waals surface area contributed by atoms with Crippen molar-refractivity contribution in [2.45, 2.75) is 0 Å². The summed E-state index contributed by atoms with van der Waals surface area (Å²) in [7, 11) is 0. The van der Waals surface area contributed by atoms with Crippen LogP contribution in [0.1, 0.15) is 0 Å². The molecule has 4 aromatic carbocycles. The minimum absolute atomic E-state index is 0. The van der Waals surface area contributed by atoms with Crippen LogP contribution in [-0.2, 0) is 0 Å². The van der Waals surface area contributed by atoms with Crippen molar-refractivity contribution in [2.24, 2.45) is 0 Å². The number of phenolic OH excluding ortho intramolecular Hbond substituents is 1. The Morgan fingerprint density at radius 1 is 0.528 bits per heavy atom. The van der Waals surface area contributed by atoms with Gasteiger partial charge in [0.05, 0.1) is 14.8 Å². The molecule has 0 bridgehead atoms. The number of phenols is 1. The molecule has 0 saturated heterocycles. The number of hydrogen-bond acceptors (Lipinski definition) is 9. The highest BCUT2D eigenvalue weighted by Gasteiger charge is 2.32. The van der Waals surface area contributed by atoms with Gasteiger partial charge in [0.1, 0.15) is 5.75 Å². The number of nitro benzene ring substituents is 3. The molecule has 5 N–H and O–H groups in total. The summed E-state index contributed by atoms with van der Waals surface area (Å²) in [5.74, 6) is -0.557. The number of nitrogens with zero attached hydrogens (tertiary/aromatic N) is 3. The fraction of sp³-hybridized carbons (Fsp3) is 0. The minimum atomic E-state index is -0.786. The lowest BCUT2D eigenvalue weighted by Gasteiger charge is -2.21. The van der Waals surface area contributed by atoms with Crippen molar-refractivity contribution in [3.8, 4) is 16.9 Å². The summed E-state index contributed by atoms with van der Waals surface area (Å²) in [6, 6.07) is 6.10. The molecular formula is C22H11N3O11. The van der Waals surface area contributed by atoms with Crippen molar-refractivity contribution >= 4 is 60.2 Å². The molecule has 2 aliphatic carbocycles. The Kier molecular flexibility index (Phi) is 4.85. The lowest BCUT2D eigenvalue weighted by Crippen LogP contribution is -2.14. The number of nitro groups is 3. The van der Waals surface area contributed by atoms with Gasteiger partial charge in [-0.1, -0.05) is 0 Å². The summed E-state index contributed by atoms with van der Waals surface area (Å²) < 4.78 is 0. The third kappa shape index (κ3) is 2.67. The molecular weight excluding hydrogens is 482 g/mol. The van der Waals surface area contributed by atoms with E-state index in [0.717, 1.165) is 36.4 Å². The van der Waals surface area contributed by atoms with Crippen molar-refractivity contribution in [2.75, 3.05) is 0 Å². The van der Waals surface area contributed by atoms with Crippen molar-refractivity contribution < 1.29 is 30.8 Å². The van der Waals surface area contributed by atoms with Gasteiger partial charge in [-0.15, -0.1) is 0 Å². The molecule has 0 aromatic heterocycles. The van der Waals surface area contributed by atoms with Gasteiger partial charge < -0.3 is 16.1 Å². The van der Waals surface area contributed by atoms with E-state index in [2.05, 4.69) is 0 Å². The van der Waals surface area contributed by atoms with E-state index in [0.29, 0.717) is 0 Å². The van der Waals surface area contributed by atoms with Gasteiger partial charge in [0, 0.05) is 90.6 Å². The predicted octanol–water partition coefficient (Wildman–Crippen LogP) is 2.22. The molecule has 6 rings (SSSR count). The molecule has 0 fully saturated rings. The molecule has 0 heterocycles. The second kappa shape index (κ2) is 7.33. The highest BCUT2D eigenvalue weighted by atomic mass is 16.6. The molecule has 0 saturated carbocycles. The Balaban J connectivity index is 0.00000152. The molecule has 0 amide bonds. The van der Waals surface area contributed by atoms with Gasteiger partial charge >= 0.3 is 0 Å². The molecule has 180 valence electrons. The lowest BCUT2D eigenvalue weighted by atomic mass is 9.80. The molecule has 4 aromatic rings. The molecule has 0 radical (unpaired) electrons. The Morgan fingerprint density at radius 3 is 1.17 bits per heavy atom. The summed E-state index contributed by atoms with van der Waals surface area (Å²) in [6.07, 6.45) is 0. The van der Waals surface area contributed by atoms with E-state index in [-0.39, 0.29) is 65.2 Å². The first kappa shape index (κ1) is 23.8. The van der Waals surface area contributed by atoms with Gasteiger partial charge in [-0.3, -0.25) is 39.9 Å². The number of benzene rings is 6. The number of aromatic hydroxyl groups is 1. The first-order valence-electron chi connectivity index (χ1n) is 9.61. The van der Waals surface area contributed by atoms with Crippen LogP contribution in [0, 0.1) is 30.3 Å². The number of hydrogen-bond donors (Lipinski definition) is 1. The standard InChI is InChI=1S/C22H7N3O9.2H2O/c26-20-10-1-7(23(29)30)2-11-16(10)19-17-12(20)3-8(24(31)32)4-13(17)22(28)15-6-9(25(33)34)5-14(18(15)19)21(11)27;;/h1-6,26H;2*1H2. The molecule has 14 heteroatoms. The summed E-state index contributed by atoms with van der Waals surface area (Å²) in [4.78, 5) is 59.0. The second-order valence-electron chi connectivity index (χ2n) is 7.90. The summed E-state index contributed by atoms with van der Waals surface area (Å²) >= 11 is 0. The van der Waals surface area contributed by atoms with Gasteiger partial charge in [0.15, 0.2) is 10.9 Å². The highest BCUT2D eigenvalue weighted by molar-refractivity contribution is 6.32.